The molecule has 0 spiro atoms. The molecule has 2 aromatic rings. The average Bonchev–Trinajstić information content (AvgIpc) is 2.55. The van der Waals surface area contributed by atoms with Crippen LogP contribution in [0, 0.1) is 0 Å². The zero-order chi connectivity index (χ0) is 15.4. The number of fused-ring (bicyclic) bond motifs is 1. The van der Waals surface area contributed by atoms with Gasteiger partial charge < -0.3 is 4.90 Å². The van der Waals surface area contributed by atoms with E-state index in [1.807, 2.05) is 6.07 Å². The van der Waals surface area contributed by atoms with E-state index in [1.165, 1.54) is 19.3 Å². The molecular formula is C16H21N3O2S. The van der Waals surface area contributed by atoms with Gasteiger partial charge in [0.25, 0.3) is 0 Å². The number of likely N-dealkylation sites (tertiary alicyclic amines) is 1. The minimum atomic E-state index is -3.49. The van der Waals surface area contributed by atoms with Crippen LogP contribution in [0.3, 0.4) is 0 Å². The smallest absolute Gasteiger partial charge is 0.241 e. The lowest BCUT2D eigenvalue weighted by Crippen LogP contribution is -2.37. The van der Waals surface area contributed by atoms with Crippen LogP contribution in [0.2, 0.25) is 0 Å². The van der Waals surface area contributed by atoms with Gasteiger partial charge in [0.05, 0.1) is 4.90 Å². The van der Waals surface area contributed by atoms with E-state index in [0.717, 1.165) is 25.0 Å². The van der Waals surface area contributed by atoms with Gasteiger partial charge in [-0.15, -0.1) is 0 Å². The number of rotatable bonds is 5. The molecule has 5 nitrogen and oxygen atoms in total. The number of nitrogens with one attached hydrogen (secondary N) is 1. The highest BCUT2D eigenvalue weighted by molar-refractivity contribution is 7.89. The number of nitrogens with zero attached hydrogens (tertiary/aromatic N) is 2. The number of aromatic nitrogens is 1. The molecule has 1 saturated heterocycles. The summed E-state index contributed by atoms with van der Waals surface area (Å²) in [6, 6.07) is 7.01. The van der Waals surface area contributed by atoms with Gasteiger partial charge in [-0.1, -0.05) is 18.6 Å². The first-order valence-corrected chi connectivity index (χ1v) is 9.20. The van der Waals surface area contributed by atoms with Gasteiger partial charge in [-0.2, -0.15) is 0 Å². The van der Waals surface area contributed by atoms with Crippen molar-refractivity contribution in [1.29, 1.82) is 0 Å². The van der Waals surface area contributed by atoms with Crippen molar-refractivity contribution in [3.8, 4) is 0 Å². The Morgan fingerprint density at radius 2 is 1.95 bits per heavy atom. The Kier molecular flexibility index (Phi) is 4.71. The van der Waals surface area contributed by atoms with Crippen LogP contribution < -0.4 is 4.72 Å². The van der Waals surface area contributed by atoms with Crippen molar-refractivity contribution in [2.75, 3.05) is 26.2 Å². The highest BCUT2D eigenvalue weighted by Crippen LogP contribution is 2.21. The highest BCUT2D eigenvalue weighted by Gasteiger charge is 2.17. The first-order chi connectivity index (χ1) is 10.7. The second kappa shape index (κ2) is 6.73. The molecule has 0 radical (unpaired) electrons. The van der Waals surface area contributed by atoms with Gasteiger partial charge in [-0.3, -0.25) is 4.98 Å². The first kappa shape index (κ1) is 15.4. The van der Waals surface area contributed by atoms with Gasteiger partial charge in [-0.05, 0) is 38.1 Å². The number of piperidine rings is 1. The fourth-order valence-electron chi connectivity index (χ4n) is 2.93. The maximum atomic E-state index is 12.5. The summed E-state index contributed by atoms with van der Waals surface area (Å²) in [5, 5.41) is 1.55. The molecule has 1 aromatic heterocycles. The molecule has 0 atom stereocenters. The molecule has 118 valence electrons. The van der Waals surface area contributed by atoms with E-state index in [9.17, 15) is 8.42 Å². The quantitative estimate of drug-likeness (QED) is 0.915. The molecule has 0 aliphatic carbocycles. The molecule has 3 rings (SSSR count). The molecule has 1 aromatic carbocycles. The lowest BCUT2D eigenvalue weighted by molar-refractivity contribution is 0.233. The second-order valence-electron chi connectivity index (χ2n) is 5.65. The van der Waals surface area contributed by atoms with Crippen molar-refractivity contribution in [3.63, 3.8) is 0 Å². The molecule has 1 fully saturated rings. The Balaban J connectivity index is 1.71. The summed E-state index contributed by atoms with van der Waals surface area (Å²) in [6.07, 6.45) is 7.01. The lowest BCUT2D eigenvalue weighted by Gasteiger charge is -2.26. The largest absolute Gasteiger partial charge is 0.302 e. The van der Waals surface area contributed by atoms with Gasteiger partial charge in [-0.25, -0.2) is 13.1 Å². The molecule has 22 heavy (non-hydrogen) atoms. The Bertz CT molecular complexity index is 735. The number of benzene rings is 1. The van der Waals surface area contributed by atoms with Crippen LogP contribution >= 0.6 is 0 Å². The van der Waals surface area contributed by atoms with E-state index < -0.39 is 10.0 Å². The SMILES string of the molecule is O=S(=O)(NCCN1CCCCC1)c1cccc2cnccc12. The van der Waals surface area contributed by atoms with Crippen molar-refractivity contribution >= 4 is 20.8 Å². The zero-order valence-corrected chi connectivity index (χ0v) is 13.3. The Morgan fingerprint density at radius 1 is 1.14 bits per heavy atom. The Hall–Kier alpha value is -1.50. The van der Waals surface area contributed by atoms with E-state index in [0.29, 0.717) is 16.8 Å². The maximum Gasteiger partial charge on any atom is 0.241 e. The highest BCUT2D eigenvalue weighted by atomic mass is 32.2. The minimum Gasteiger partial charge on any atom is -0.302 e. The van der Waals surface area contributed by atoms with Gasteiger partial charge in [0.1, 0.15) is 0 Å². The van der Waals surface area contributed by atoms with Gasteiger partial charge >= 0.3 is 0 Å². The predicted octanol–water partition coefficient (Wildman–Crippen LogP) is 2.00. The van der Waals surface area contributed by atoms with Crippen LogP contribution in [-0.4, -0.2) is 44.5 Å². The fourth-order valence-corrected chi connectivity index (χ4v) is 4.17. The number of hydrogen-bond acceptors (Lipinski definition) is 4. The molecule has 1 aliphatic rings. The van der Waals surface area contributed by atoms with Crippen LogP contribution in [0.1, 0.15) is 19.3 Å². The molecular weight excluding hydrogens is 298 g/mol. The van der Waals surface area contributed by atoms with Gasteiger partial charge in [0.2, 0.25) is 10.0 Å². The molecule has 0 bridgehead atoms. The van der Waals surface area contributed by atoms with Crippen LogP contribution in [0.4, 0.5) is 0 Å². The average molecular weight is 319 g/mol. The standard InChI is InChI=1S/C16H21N3O2S/c20-22(21,18-9-12-19-10-2-1-3-11-19)16-6-4-5-14-13-17-8-7-15(14)16/h4-8,13,18H,1-3,9-12H2. The van der Waals surface area contributed by atoms with E-state index in [1.54, 1.807) is 30.6 Å². The summed E-state index contributed by atoms with van der Waals surface area (Å²) in [6.45, 7) is 3.36. The molecule has 1 aliphatic heterocycles. The number of pyridine rings is 1. The van der Waals surface area contributed by atoms with Crippen LogP contribution in [0.25, 0.3) is 10.8 Å². The van der Waals surface area contributed by atoms with E-state index >= 15 is 0 Å². The lowest BCUT2D eigenvalue weighted by atomic mass is 10.1. The van der Waals surface area contributed by atoms with E-state index in [2.05, 4.69) is 14.6 Å². The van der Waals surface area contributed by atoms with Crippen molar-refractivity contribution in [2.45, 2.75) is 24.2 Å². The van der Waals surface area contributed by atoms with E-state index in [4.69, 9.17) is 0 Å². The topological polar surface area (TPSA) is 62.3 Å². The third kappa shape index (κ3) is 3.45. The predicted molar refractivity (Wildman–Crippen MR) is 87.2 cm³/mol. The van der Waals surface area contributed by atoms with Crippen molar-refractivity contribution in [1.82, 2.24) is 14.6 Å². The number of sulfonamides is 1. The zero-order valence-electron chi connectivity index (χ0n) is 12.5. The summed E-state index contributed by atoms with van der Waals surface area (Å²) in [5.74, 6) is 0. The summed E-state index contributed by atoms with van der Waals surface area (Å²) >= 11 is 0. The Labute approximate surface area is 131 Å². The van der Waals surface area contributed by atoms with Crippen LogP contribution in [0.15, 0.2) is 41.6 Å². The van der Waals surface area contributed by atoms with Crippen molar-refractivity contribution in [2.24, 2.45) is 0 Å². The van der Waals surface area contributed by atoms with Crippen molar-refractivity contribution < 1.29 is 8.42 Å². The van der Waals surface area contributed by atoms with Gasteiger partial charge in [0, 0.05) is 36.3 Å². The third-order valence-corrected chi connectivity index (χ3v) is 5.62. The summed E-state index contributed by atoms with van der Waals surface area (Å²) < 4.78 is 27.8. The third-order valence-electron chi connectivity index (χ3n) is 4.10. The maximum absolute atomic E-state index is 12.5. The number of hydrogen-bond donors (Lipinski definition) is 1. The molecule has 6 heteroatoms. The molecule has 0 saturated carbocycles. The minimum absolute atomic E-state index is 0.325. The summed E-state index contributed by atoms with van der Waals surface area (Å²) in [4.78, 5) is 6.68. The summed E-state index contributed by atoms with van der Waals surface area (Å²) in [7, 11) is -3.49. The van der Waals surface area contributed by atoms with Gasteiger partial charge in [0.15, 0.2) is 0 Å². The van der Waals surface area contributed by atoms with E-state index in [-0.39, 0.29) is 0 Å². The van der Waals surface area contributed by atoms with Crippen molar-refractivity contribution in [3.05, 3.63) is 36.7 Å². The van der Waals surface area contributed by atoms with Crippen LogP contribution in [-0.2, 0) is 10.0 Å². The molecule has 2 heterocycles. The summed E-state index contributed by atoms with van der Waals surface area (Å²) in [5.41, 5.74) is 0. The normalized spacial score (nSPS) is 16.9. The molecule has 0 amide bonds. The molecule has 0 unspecified atom stereocenters. The molecule has 1 N–H and O–H groups in total. The second-order valence-corrected chi connectivity index (χ2v) is 7.39. The monoisotopic (exact) mass is 319 g/mol. The van der Waals surface area contributed by atoms with Crippen LogP contribution in [0.5, 0.6) is 0 Å². The fraction of sp³-hybridized carbons (Fsp3) is 0.438. The Morgan fingerprint density at radius 3 is 2.77 bits per heavy atom. The first-order valence-electron chi connectivity index (χ1n) is 7.71.